The molecule has 2 rings (SSSR count). The van der Waals surface area contributed by atoms with Crippen molar-refractivity contribution in [3.63, 3.8) is 0 Å². The molecule has 0 fully saturated rings. The molecule has 1 heterocycles. The summed E-state index contributed by atoms with van der Waals surface area (Å²) in [6.07, 6.45) is 5.80. The van der Waals surface area contributed by atoms with Gasteiger partial charge >= 0.3 is 5.97 Å². The van der Waals surface area contributed by atoms with Gasteiger partial charge < -0.3 is 14.2 Å². The number of hydrogen-bond acceptors (Lipinski definition) is 4. The Bertz CT molecular complexity index is 702. The van der Waals surface area contributed by atoms with Crippen LogP contribution in [0.2, 0.25) is 5.02 Å². The molecule has 1 aromatic carbocycles. The highest BCUT2D eigenvalue weighted by Crippen LogP contribution is 2.21. The van der Waals surface area contributed by atoms with E-state index in [1.165, 1.54) is 30.2 Å². The largest absolute Gasteiger partial charge is 0.469 e. The lowest BCUT2D eigenvalue weighted by Crippen LogP contribution is -2.35. The predicted molar refractivity (Wildman–Crippen MR) is 90.8 cm³/mol. The van der Waals surface area contributed by atoms with Crippen molar-refractivity contribution in [3.8, 4) is 0 Å². The summed E-state index contributed by atoms with van der Waals surface area (Å²) in [5, 5.41) is 0.0441. The Kier molecular flexibility index (Phi) is 6.94. The molecule has 0 unspecified atom stereocenters. The second-order valence-corrected chi connectivity index (χ2v) is 5.78. The van der Waals surface area contributed by atoms with Gasteiger partial charge in [0, 0.05) is 32.0 Å². The summed E-state index contributed by atoms with van der Waals surface area (Å²) in [6.45, 7) is 1.12. The summed E-state index contributed by atoms with van der Waals surface area (Å²) in [4.78, 5) is 29.5. The summed E-state index contributed by atoms with van der Waals surface area (Å²) >= 11 is 5.98. The molecule has 0 N–H and O–H groups in total. The lowest BCUT2D eigenvalue weighted by molar-refractivity contribution is -0.140. The van der Waals surface area contributed by atoms with E-state index in [9.17, 15) is 14.0 Å². The van der Waals surface area contributed by atoms with Crippen LogP contribution in [0.25, 0.3) is 0 Å². The second kappa shape index (κ2) is 9.17. The number of aromatic nitrogens is 2. The summed E-state index contributed by atoms with van der Waals surface area (Å²) < 4.78 is 20.5. The fourth-order valence-electron chi connectivity index (χ4n) is 2.37. The molecule has 0 atom stereocenters. The van der Waals surface area contributed by atoms with Gasteiger partial charge in [-0.2, -0.15) is 0 Å². The van der Waals surface area contributed by atoms with E-state index in [1.807, 2.05) is 10.8 Å². The molecule has 0 spiro atoms. The molecule has 0 aliphatic rings. The number of halogens is 2. The van der Waals surface area contributed by atoms with Crippen LogP contribution in [0.4, 0.5) is 4.39 Å². The van der Waals surface area contributed by atoms with Crippen LogP contribution in [0.3, 0.4) is 0 Å². The number of ether oxygens (including phenoxy) is 1. The SMILES string of the molecule is COC(=O)CCN(CCCn1ccnc1)C(=O)c1c(F)cccc1Cl. The molecule has 6 nitrogen and oxygen atoms in total. The number of carbonyl (C=O) groups is 2. The summed E-state index contributed by atoms with van der Waals surface area (Å²) in [5.41, 5.74) is -0.184. The Morgan fingerprint density at radius 2 is 2.16 bits per heavy atom. The normalized spacial score (nSPS) is 10.5. The van der Waals surface area contributed by atoms with E-state index < -0.39 is 17.7 Å². The van der Waals surface area contributed by atoms with E-state index in [0.717, 1.165) is 0 Å². The smallest absolute Gasteiger partial charge is 0.307 e. The highest BCUT2D eigenvalue weighted by atomic mass is 35.5. The van der Waals surface area contributed by atoms with Crippen molar-refractivity contribution in [1.82, 2.24) is 14.5 Å². The van der Waals surface area contributed by atoms with Gasteiger partial charge in [0.05, 0.1) is 30.4 Å². The van der Waals surface area contributed by atoms with E-state index in [2.05, 4.69) is 9.72 Å². The zero-order chi connectivity index (χ0) is 18.2. The number of aryl methyl sites for hydroxylation is 1. The van der Waals surface area contributed by atoms with Gasteiger partial charge in [-0.1, -0.05) is 17.7 Å². The van der Waals surface area contributed by atoms with Crippen LogP contribution < -0.4 is 0 Å². The Labute approximate surface area is 150 Å². The number of amides is 1. The van der Waals surface area contributed by atoms with Crippen LogP contribution in [-0.2, 0) is 16.1 Å². The number of rotatable bonds is 8. The number of carbonyl (C=O) groups excluding carboxylic acids is 2. The first kappa shape index (κ1) is 18.9. The van der Waals surface area contributed by atoms with Crippen LogP contribution in [-0.4, -0.2) is 46.5 Å². The third kappa shape index (κ3) is 5.29. The fourth-order valence-corrected chi connectivity index (χ4v) is 2.61. The van der Waals surface area contributed by atoms with Crippen molar-refractivity contribution in [1.29, 1.82) is 0 Å². The summed E-state index contributed by atoms with van der Waals surface area (Å²) in [6, 6.07) is 4.08. The number of methoxy groups -OCH3 is 1. The molecule has 0 saturated heterocycles. The molecular formula is C17H19ClFN3O3. The highest BCUT2D eigenvalue weighted by Gasteiger charge is 2.22. The van der Waals surface area contributed by atoms with Gasteiger partial charge in [-0.05, 0) is 18.6 Å². The molecule has 0 bridgehead atoms. The van der Waals surface area contributed by atoms with Crippen molar-refractivity contribution in [2.75, 3.05) is 20.2 Å². The van der Waals surface area contributed by atoms with Crippen molar-refractivity contribution in [3.05, 3.63) is 53.3 Å². The number of benzene rings is 1. The number of imidazole rings is 1. The zero-order valence-corrected chi connectivity index (χ0v) is 14.6. The van der Waals surface area contributed by atoms with Crippen LogP contribution in [0.1, 0.15) is 23.2 Å². The van der Waals surface area contributed by atoms with E-state index in [0.29, 0.717) is 19.5 Å². The minimum Gasteiger partial charge on any atom is -0.469 e. The molecule has 0 aliphatic carbocycles. The number of esters is 1. The van der Waals surface area contributed by atoms with Crippen molar-refractivity contribution in [2.45, 2.75) is 19.4 Å². The number of hydrogen-bond donors (Lipinski definition) is 0. The average Bonchev–Trinajstić information content (AvgIpc) is 3.10. The minimum atomic E-state index is -0.685. The predicted octanol–water partition coefficient (Wildman–Crippen LogP) is 2.77. The topological polar surface area (TPSA) is 64.4 Å². The Morgan fingerprint density at radius 1 is 1.36 bits per heavy atom. The third-order valence-corrected chi connectivity index (χ3v) is 4.00. The van der Waals surface area contributed by atoms with E-state index in [1.54, 1.807) is 12.5 Å². The van der Waals surface area contributed by atoms with Crippen LogP contribution in [0.15, 0.2) is 36.9 Å². The molecule has 1 aromatic heterocycles. The summed E-state index contributed by atoms with van der Waals surface area (Å²) in [7, 11) is 1.28. The molecule has 0 aliphatic heterocycles. The van der Waals surface area contributed by atoms with Crippen molar-refractivity contribution in [2.24, 2.45) is 0 Å². The molecular weight excluding hydrogens is 349 g/mol. The maximum atomic E-state index is 14.0. The molecule has 25 heavy (non-hydrogen) atoms. The fraction of sp³-hybridized carbons (Fsp3) is 0.353. The molecule has 2 aromatic rings. The Hall–Kier alpha value is -2.41. The van der Waals surface area contributed by atoms with E-state index in [4.69, 9.17) is 11.6 Å². The lowest BCUT2D eigenvalue weighted by Gasteiger charge is -2.23. The van der Waals surface area contributed by atoms with Crippen LogP contribution >= 0.6 is 11.6 Å². The Balaban J connectivity index is 2.09. The molecule has 8 heteroatoms. The highest BCUT2D eigenvalue weighted by molar-refractivity contribution is 6.33. The van der Waals surface area contributed by atoms with E-state index in [-0.39, 0.29) is 23.6 Å². The van der Waals surface area contributed by atoms with Crippen LogP contribution in [0.5, 0.6) is 0 Å². The van der Waals surface area contributed by atoms with Gasteiger partial charge in [-0.25, -0.2) is 9.37 Å². The first-order valence-corrected chi connectivity index (χ1v) is 8.16. The van der Waals surface area contributed by atoms with Gasteiger partial charge in [-0.15, -0.1) is 0 Å². The zero-order valence-electron chi connectivity index (χ0n) is 13.8. The summed E-state index contributed by atoms with van der Waals surface area (Å²) in [5.74, 6) is -1.67. The van der Waals surface area contributed by atoms with Crippen molar-refractivity contribution >= 4 is 23.5 Å². The first-order chi connectivity index (χ1) is 12.0. The molecule has 0 radical (unpaired) electrons. The van der Waals surface area contributed by atoms with Gasteiger partial charge in [0.2, 0.25) is 0 Å². The van der Waals surface area contributed by atoms with Crippen LogP contribution in [0, 0.1) is 5.82 Å². The maximum Gasteiger partial charge on any atom is 0.307 e. The second-order valence-electron chi connectivity index (χ2n) is 5.37. The third-order valence-electron chi connectivity index (χ3n) is 3.68. The molecule has 134 valence electrons. The monoisotopic (exact) mass is 367 g/mol. The minimum absolute atomic E-state index is 0.0272. The lowest BCUT2D eigenvalue weighted by atomic mass is 10.1. The quantitative estimate of drug-likeness (QED) is 0.673. The maximum absolute atomic E-state index is 14.0. The first-order valence-electron chi connectivity index (χ1n) is 7.78. The standard InChI is InChI=1S/C17H19ClFN3O3/c1-25-15(23)6-10-22(9-3-8-21-11-7-20-12-21)17(24)16-13(18)4-2-5-14(16)19/h2,4-5,7,11-12H,3,6,8-10H2,1H3. The Morgan fingerprint density at radius 3 is 2.80 bits per heavy atom. The van der Waals surface area contributed by atoms with Gasteiger partial charge in [0.1, 0.15) is 5.82 Å². The van der Waals surface area contributed by atoms with Gasteiger partial charge in [0.15, 0.2) is 0 Å². The van der Waals surface area contributed by atoms with E-state index >= 15 is 0 Å². The van der Waals surface area contributed by atoms with Gasteiger partial charge in [-0.3, -0.25) is 9.59 Å². The molecule has 1 amide bonds. The van der Waals surface area contributed by atoms with Crippen molar-refractivity contribution < 1.29 is 18.7 Å². The molecule has 0 saturated carbocycles. The average molecular weight is 368 g/mol. The number of nitrogens with zero attached hydrogens (tertiary/aromatic N) is 3. The van der Waals surface area contributed by atoms with Gasteiger partial charge in [0.25, 0.3) is 5.91 Å².